The Morgan fingerprint density at radius 3 is 2.57 bits per heavy atom. The molecule has 1 rings (SSSR count). The summed E-state index contributed by atoms with van der Waals surface area (Å²) in [4.78, 5) is 22.3. The molecule has 14 heavy (non-hydrogen) atoms. The molecule has 1 aliphatic rings. The van der Waals surface area contributed by atoms with Gasteiger partial charge in [-0.2, -0.15) is 0 Å². The minimum absolute atomic E-state index is 0.0208. The standard InChI is InChI=1S/C12H14O2/c1-9-5-3-4-6-11(7-9)12(14)8-10(2)13/h3-6H,7-8H2,1-2H3. The van der Waals surface area contributed by atoms with Crippen LogP contribution in [-0.4, -0.2) is 11.6 Å². The largest absolute Gasteiger partial charge is 0.300 e. The van der Waals surface area contributed by atoms with Gasteiger partial charge in [-0.25, -0.2) is 0 Å². The molecule has 0 fully saturated rings. The maximum Gasteiger partial charge on any atom is 0.166 e. The van der Waals surface area contributed by atoms with E-state index >= 15 is 0 Å². The zero-order chi connectivity index (χ0) is 10.6. The molecule has 0 aliphatic heterocycles. The van der Waals surface area contributed by atoms with E-state index in [0.717, 1.165) is 11.1 Å². The van der Waals surface area contributed by atoms with Gasteiger partial charge in [0.15, 0.2) is 5.78 Å². The summed E-state index contributed by atoms with van der Waals surface area (Å²) in [6, 6.07) is 0. The topological polar surface area (TPSA) is 34.1 Å². The summed E-state index contributed by atoms with van der Waals surface area (Å²) in [7, 11) is 0. The Hall–Kier alpha value is -1.44. The van der Waals surface area contributed by atoms with E-state index in [-0.39, 0.29) is 18.0 Å². The third-order valence-corrected chi connectivity index (χ3v) is 2.03. The normalized spacial score (nSPS) is 15.6. The van der Waals surface area contributed by atoms with Gasteiger partial charge in [0.25, 0.3) is 0 Å². The van der Waals surface area contributed by atoms with Crippen LogP contribution >= 0.6 is 0 Å². The fraction of sp³-hybridized carbons (Fsp3) is 0.333. The van der Waals surface area contributed by atoms with Gasteiger partial charge in [0.2, 0.25) is 0 Å². The predicted molar refractivity (Wildman–Crippen MR) is 55.9 cm³/mol. The molecule has 0 heterocycles. The number of carbonyl (C=O) groups is 2. The molecule has 0 atom stereocenters. The van der Waals surface area contributed by atoms with E-state index in [4.69, 9.17) is 0 Å². The molecule has 0 bridgehead atoms. The second kappa shape index (κ2) is 4.70. The first-order valence-corrected chi connectivity index (χ1v) is 4.65. The molecular formula is C12H14O2. The van der Waals surface area contributed by atoms with Gasteiger partial charge < -0.3 is 0 Å². The van der Waals surface area contributed by atoms with Crippen LogP contribution in [0.1, 0.15) is 26.7 Å². The predicted octanol–water partition coefficient (Wildman–Crippen LogP) is 2.37. The van der Waals surface area contributed by atoms with Crippen molar-refractivity contribution in [3.8, 4) is 0 Å². The van der Waals surface area contributed by atoms with E-state index in [0.29, 0.717) is 6.42 Å². The third kappa shape index (κ3) is 3.13. The summed E-state index contributed by atoms with van der Waals surface area (Å²) in [6.45, 7) is 3.41. The first-order valence-electron chi connectivity index (χ1n) is 4.65. The molecule has 0 amide bonds. The Morgan fingerprint density at radius 1 is 1.29 bits per heavy atom. The minimum atomic E-state index is -0.0780. The summed E-state index contributed by atoms with van der Waals surface area (Å²) >= 11 is 0. The van der Waals surface area contributed by atoms with E-state index < -0.39 is 0 Å². The molecule has 0 saturated heterocycles. The smallest absolute Gasteiger partial charge is 0.166 e. The number of hydrogen-bond donors (Lipinski definition) is 0. The molecule has 2 nitrogen and oxygen atoms in total. The Bertz CT molecular complexity index is 343. The Labute approximate surface area is 84.0 Å². The van der Waals surface area contributed by atoms with Gasteiger partial charge in [0.05, 0.1) is 6.42 Å². The fourth-order valence-electron chi connectivity index (χ4n) is 1.34. The van der Waals surface area contributed by atoms with Gasteiger partial charge in [0, 0.05) is 0 Å². The van der Waals surface area contributed by atoms with Crippen LogP contribution in [0.2, 0.25) is 0 Å². The number of hydrogen-bond acceptors (Lipinski definition) is 2. The van der Waals surface area contributed by atoms with Crippen LogP contribution in [0, 0.1) is 0 Å². The molecule has 1 aliphatic carbocycles. The zero-order valence-electron chi connectivity index (χ0n) is 8.54. The van der Waals surface area contributed by atoms with E-state index in [2.05, 4.69) is 0 Å². The number of allylic oxidation sites excluding steroid dienone is 6. The first-order chi connectivity index (χ1) is 6.59. The first kappa shape index (κ1) is 10.6. The highest BCUT2D eigenvalue weighted by Crippen LogP contribution is 2.16. The van der Waals surface area contributed by atoms with Crippen LogP contribution in [0.15, 0.2) is 35.5 Å². The second-order valence-electron chi connectivity index (χ2n) is 3.57. The van der Waals surface area contributed by atoms with Crippen molar-refractivity contribution in [1.29, 1.82) is 0 Å². The highest BCUT2D eigenvalue weighted by atomic mass is 16.1. The average molecular weight is 190 g/mol. The van der Waals surface area contributed by atoms with Crippen LogP contribution in [0.5, 0.6) is 0 Å². The van der Waals surface area contributed by atoms with E-state index in [1.54, 1.807) is 6.08 Å². The summed E-state index contributed by atoms with van der Waals surface area (Å²) in [5, 5.41) is 0. The third-order valence-electron chi connectivity index (χ3n) is 2.03. The number of rotatable bonds is 3. The number of ketones is 2. The summed E-state index contributed by atoms with van der Waals surface area (Å²) < 4.78 is 0. The molecule has 2 heteroatoms. The molecule has 0 unspecified atom stereocenters. The Kier molecular flexibility index (Phi) is 3.57. The molecule has 0 N–H and O–H groups in total. The maximum atomic E-state index is 11.6. The van der Waals surface area contributed by atoms with Gasteiger partial charge in [-0.05, 0) is 25.8 Å². The zero-order valence-corrected chi connectivity index (χ0v) is 8.54. The van der Waals surface area contributed by atoms with Crippen molar-refractivity contribution in [3.05, 3.63) is 35.5 Å². The van der Waals surface area contributed by atoms with Gasteiger partial charge in [-0.3, -0.25) is 9.59 Å². The molecule has 0 aromatic rings. The van der Waals surface area contributed by atoms with Crippen molar-refractivity contribution in [3.63, 3.8) is 0 Å². The van der Waals surface area contributed by atoms with Crippen LogP contribution in [-0.2, 0) is 9.59 Å². The van der Waals surface area contributed by atoms with Crippen LogP contribution in [0.25, 0.3) is 0 Å². The van der Waals surface area contributed by atoms with Gasteiger partial charge in [-0.15, -0.1) is 0 Å². The van der Waals surface area contributed by atoms with Gasteiger partial charge in [0.1, 0.15) is 5.78 Å². The van der Waals surface area contributed by atoms with Crippen molar-refractivity contribution in [2.75, 3.05) is 0 Å². The summed E-state index contributed by atoms with van der Waals surface area (Å²) in [6.07, 6.45) is 8.18. The van der Waals surface area contributed by atoms with Crippen molar-refractivity contribution in [2.24, 2.45) is 0 Å². The highest BCUT2D eigenvalue weighted by molar-refractivity contribution is 6.07. The van der Waals surface area contributed by atoms with Crippen LogP contribution in [0.3, 0.4) is 0 Å². The molecule has 0 aromatic heterocycles. The molecule has 74 valence electrons. The highest BCUT2D eigenvalue weighted by Gasteiger charge is 2.12. The lowest BCUT2D eigenvalue weighted by Gasteiger charge is -2.03. The van der Waals surface area contributed by atoms with Crippen molar-refractivity contribution in [1.82, 2.24) is 0 Å². The Balaban J connectivity index is 2.74. The monoisotopic (exact) mass is 190 g/mol. The molecule has 0 spiro atoms. The lowest BCUT2D eigenvalue weighted by Crippen LogP contribution is -2.07. The van der Waals surface area contributed by atoms with Crippen molar-refractivity contribution < 1.29 is 9.59 Å². The summed E-state index contributed by atoms with van der Waals surface area (Å²) in [5.41, 5.74) is 1.87. The minimum Gasteiger partial charge on any atom is -0.300 e. The second-order valence-corrected chi connectivity index (χ2v) is 3.57. The Morgan fingerprint density at radius 2 is 1.93 bits per heavy atom. The molecule has 0 aromatic carbocycles. The van der Waals surface area contributed by atoms with Crippen molar-refractivity contribution in [2.45, 2.75) is 26.7 Å². The number of carbonyl (C=O) groups excluding carboxylic acids is 2. The lowest BCUT2D eigenvalue weighted by molar-refractivity contribution is -0.123. The lowest BCUT2D eigenvalue weighted by atomic mass is 10.0. The van der Waals surface area contributed by atoms with E-state index in [9.17, 15) is 9.59 Å². The fourth-order valence-corrected chi connectivity index (χ4v) is 1.34. The SMILES string of the molecule is CC(=O)CC(=O)C1=CC=CC=C(C)C1. The quantitative estimate of drug-likeness (QED) is 0.640. The summed E-state index contributed by atoms with van der Waals surface area (Å²) in [5.74, 6) is -0.137. The van der Waals surface area contributed by atoms with Gasteiger partial charge in [-0.1, -0.05) is 29.9 Å². The van der Waals surface area contributed by atoms with Crippen LogP contribution < -0.4 is 0 Å². The number of Topliss-reactive ketones (excluding diaryl/α,β-unsaturated/α-hetero) is 2. The van der Waals surface area contributed by atoms with Crippen LogP contribution in [0.4, 0.5) is 0 Å². The van der Waals surface area contributed by atoms with E-state index in [1.165, 1.54) is 6.92 Å². The van der Waals surface area contributed by atoms with Gasteiger partial charge >= 0.3 is 0 Å². The van der Waals surface area contributed by atoms with E-state index in [1.807, 2.05) is 25.2 Å². The molecular weight excluding hydrogens is 176 g/mol. The molecule has 0 radical (unpaired) electrons. The van der Waals surface area contributed by atoms with Crippen molar-refractivity contribution >= 4 is 11.6 Å². The average Bonchev–Trinajstić information content (AvgIpc) is 2.28. The maximum absolute atomic E-state index is 11.6. The molecule has 0 saturated carbocycles.